The molecule has 21 heavy (non-hydrogen) atoms. The molecule has 2 unspecified atom stereocenters. The molecule has 2 aliphatic rings. The lowest BCUT2D eigenvalue weighted by Crippen LogP contribution is -2.38. The third-order valence-corrected chi connectivity index (χ3v) is 4.39. The van der Waals surface area contributed by atoms with Crippen LogP contribution in [-0.2, 0) is 5.60 Å². The minimum Gasteiger partial charge on any atom is -0.490 e. The Hall–Kier alpha value is -1.23. The molecule has 0 radical (unpaired) electrons. The van der Waals surface area contributed by atoms with Crippen LogP contribution in [0.15, 0.2) is 24.3 Å². The van der Waals surface area contributed by atoms with Gasteiger partial charge in [-0.25, -0.2) is 0 Å². The first-order chi connectivity index (χ1) is 9.87. The minimum atomic E-state index is -4.24. The van der Waals surface area contributed by atoms with Gasteiger partial charge in [-0.2, -0.15) is 13.2 Å². The van der Waals surface area contributed by atoms with Crippen molar-refractivity contribution in [2.75, 3.05) is 0 Å². The van der Waals surface area contributed by atoms with Crippen LogP contribution in [0.4, 0.5) is 13.2 Å². The highest BCUT2D eigenvalue weighted by Crippen LogP contribution is 2.46. The monoisotopic (exact) mass is 300 g/mol. The largest absolute Gasteiger partial charge is 0.490 e. The topological polar surface area (TPSA) is 29.5 Å². The van der Waals surface area contributed by atoms with Crippen LogP contribution in [0.5, 0.6) is 5.75 Å². The van der Waals surface area contributed by atoms with Gasteiger partial charge in [0.2, 0.25) is 0 Å². The fourth-order valence-electron chi connectivity index (χ4n) is 3.03. The Morgan fingerprint density at radius 1 is 1.19 bits per heavy atom. The van der Waals surface area contributed by atoms with Gasteiger partial charge in [0.05, 0.1) is 17.6 Å². The number of rotatable bonds is 3. The number of ether oxygens (including phenoxy) is 1. The summed E-state index contributed by atoms with van der Waals surface area (Å²) in [5.74, 6) is -0.790. The first-order valence-corrected chi connectivity index (χ1v) is 7.43. The summed E-state index contributed by atoms with van der Waals surface area (Å²) in [7, 11) is 0. The lowest BCUT2D eigenvalue weighted by molar-refractivity contribution is -0.201. The maximum atomic E-state index is 12.9. The Kier molecular flexibility index (Phi) is 3.64. The van der Waals surface area contributed by atoms with E-state index in [9.17, 15) is 18.3 Å². The summed E-state index contributed by atoms with van der Waals surface area (Å²) in [4.78, 5) is 0. The van der Waals surface area contributed by atoms with Crippen LogP contribution in [0.1, 0.15) is 44.1 Å². The summed E-state index contributed by atoms with van der Waals surface area (Å²) in [6.07, 6.45) is -1.38. The van der Waals surface area contributed by atoms with E-state index in [-0.39, 0.29) is 18.9 Å². The van der Waals surface area contributed by atoms with Gasteiger partial charge in [0.25, 0.3) is 0 Å². The minimum absolute atomic E-state index is 0.101. The molecule has 3 rings (SSSR count). The summed E-state index contributed by atoms with van der Waals surface area (Å²) in [6, 6.07) is 6.91. The molecule has 5 heteroatoms. The molecule has 2 aliphatic carbocycles. The van der Waals surface area contributed by atoms with Gasteiger partial charge in [-0.15, -0.1) is 0 Å². The van der Waals surface area contributed by atoms with E-state index in [0.29, 0.717) is 24.2 Å². The van der Waals surface area contributed by atoms with Gasteiger partial charge in [0, 0.05) is 0 Å². The molecular formula is C16H19F3O2. The van der Waals surface area contributed by atoms with Crippen molar-refractivity contribution in [2.45, 2.75) is 56.4 Å². The molecule has 2 saturated carbocycles. The van der Waals surface area contributed by atoms with Gasteiger partial charge in [-0.1, -0.05) is 12.1 Å². The molecule has 116 valence electrons. The highest BCUT2D eigenvalue weighted by molar-refractivity contribution is 5.33. The average Bonchev–Trinajstić information content (AvgIpc) is 3.22. The van der Waals surface area contributed by atoms with Crippen molar-refractivity contribution in [3.05, 3.63) is 29.8 Å². The number of alkyl halides is 3. The lowest BCUT2D eigenvalue weighted by Gasteiger charge is -2.38. The Morgan fingerprint density at radius 2 is 1.95 bits per heavy atom. The fraction of sp³-hybridized carbons (Fsp3) is 0.625. The maximum Gasteiger partial charge on any atom is 0.391 e. The van der Waals surface area contributed by atoms with Crippen molar-refractivity contribution >= 4 is 0 Å². The molecule has 2 atom stereocenters. The van der Waals surface area contributed by atoms with E-state index in [1.165, 1.54) is 0 Å². The smallest absolute Gasteiger partial charge is 0.391 e. The summed E-state index contributed by atoms with van der Waals surface area (Å²) in [6.45, 7) is 0. The van der Waals surface area contributed by atoms with Crippen molar-refractivity contribution in [3.8, 4) is 5.75 Å². The van der Waals surface area contributed by atoms with Gasteiger partial charge < -0.3 is 9.84 Å². The summed E-state index contributed by atoms with van der Waals surface area (Å²) in [5, 5.41) is 10.7. The van der Waals surface area contributed by atoms with Crippen LogP contribution < -0.4 is 4.74 Å². The Labute approximate surface area is 121 Å². The summed E-state index contributed by atoms with van der Waals surface area (Å²) < 4.78 is 44.4. The van der Waals surface area contributed by atoms with E-state index in [1.807, 2.05) is 0 Å². The summed E-state index contributed by atoms with van der Waals surface area (Å²) >= 11 is 0. The van der Waals surface area contributed by atoms with E-state index in [1.54, 1.807) is 24.3 Å². The zero-order valence-corrected chi connectivity index (χ0v) is 11.7. The van der Waals surface area contributed by atoms with Crippen LogP contribution in [0.2, 0.25) is 0 Å². The van der Waals surface area contributed by atoms with E-state index in [4.69, 9.17) is 4.74 Å². The predicted octanol–water partition coefficient (Wildman–Crippen LogP) is 4.17. The Balaban J connectivity index is 1.80. The number of benzene rings is 1. The number of halogens is 3. The van der Waals surface area contributed by atoms with Gasteiger partial charge in [-0.05, 0) is 56.2 Å². The highest BCUT2D eigenvalue weighted by Gasteiger charge is 2.47. The van der Waals surface area contributed by atoms with Crippen LogP contribution >= 0.6 is 0 Å². The molecule has 0 saturated heterocycles. The van der Waals surface area contributed by atoms with Crippen LogP contribution in [0.25, 0.3) is 0 Å². The molecule has 0 aliphatic heterocycles. The molecule has 2 nitrogen and oxygen atoms in total. The predicted molar refractivity (Wildman–Crippen MR) is 72.0 cm³/mol. The average molecular weight is 300 g/mol. The Bertz CT molecular complexity index is 510. The van der Waals surface area contributed by atoms with Crippen molar-refractivity contribution in [1.82, 2.24) is 0 Å². The van der Waals surface area contributed by atoms with Crippen molar-refractivity contribution in [3.63, 3.8) is 0 Å². The van der Waals surface area contributed by atoms with E-state index in [0.717, 1.165) is 12.8 Å². The maximum absolute atomic E-state index is 12.9. The molecule has 1 aromatic rings. The fourth-order valence-corrected chi connectivity index (χ4v) is 3.03. The normalized spacial score (nSPS) is 30.2. The zero-order valence-electron chi connectivity index (χ0n) is 11.7. The number of hydrogen-bond acceptors (Lipinski definition) is 2. The molecule has 0 aromatic heterocycles. The van der Waals surface area contributed by atoms with Crippen LogP contribution in [-0.4, -0.2) is 17.4 Å². The van der Waals surface area contributed by atoms with E-state index >= 15 is 0 Å². The van der Waals surface area contributed by atoms with Crippen molar-refractivity contribution < 1.29 is 23.0 Å². The molecule has 0 spiro atoms. The molecule has 0 heterocycles. The molecular weight excluding hydrogens is 281 g/mol. The molecule has 0 amide bonds. The first-order valence-electron chi connectivity index (χ1n) is 7.43. The molecule has 1 N–H and O–H groups in total. The van der Waals surface area contributed by atoms with Gasteiger partial charge >= 0.3 is 6.18 Å². The standard InChI is InChI=1S/C16H19F3O2/c17-16(18,19)12-4-2-8-15(20,10-12)11-3-1-5-14(9-11)21-13-6-7-13/h1,3,5,9,12-13,20H,2,4,6-8,10H2. The van der Waals surface area contributed by atoms with Crippen molar-refractivity contribution in [1.29, 1.82) is 0 Å². The van der Waals surface area contributed by atoms with Crippen molar-refractivity contribution in [2.24, 2.45) is 5.92 Å². The zero-order chi connectivity index (χ0) is 15.1. The van der Waals surface area contributed by atoms with Gasteiger partial charge in [0.15, 0.2) is 0 Å². The second-order valence-corrected chi connectivity index (χ2v) is 6.21. The third kappa shape index (κ3) is 3.34. The third-order valence-electron chi connectivity index (χ3n) is 4.39. The Morgan fingerprint density at radius 3 is 2.62 bits per heavy atom. The SMILES string of the molecule is OC1(c2cccc(OC3CC3)c2)CCCC(C(F)(F)F)C1. The number of aliphatic hydroxyl groups is 1. The molecule has 2 fully saturated rings. The second kappa shape index (κ2) is 5.20. The second-order valence-electron chi connectivity index (χ2n) is 6.21. The molecule has 1 aromatic carbocycles. The van der Waals surface area contributed by atoms with E-state index in [2.05, 4.69) is 0 Å². The first kappa shape index (κ1) is 14.7. The lowest BCUT2D eigenvalue weighted by atomic mass is 9.74. The highest BCUT2D eigenvalue weighted by atomic mass is 19.4. The molecule has 0 bridgehead atoms. The van der Waals surface area contributed by atoms with E-state index < -0.39 is 17.7 Å². The summed E-state index contributed by atoms with van der Waals surface area (Å²) in [5.41, 5.74) is -0.865. The van der Waals surface area contributed by atoms with Gasteiger partial charge in [0.1, 0.15) is 5.75 Å². The van der Waals surface area contributed by atoms with Gasteiger partial charge in [-0.3, -0.25) is 0 Å². The quantitative estimate of drug-likeness (QED) is 0.908. The number of hydrogen-bond donors (Lipinski definition) is 1. The van der Waals surface area contributed by atoms with Crippen LogP contribution in [0, 0.1) is 5.92 Å². The van der Waals surface area contributed by atoms with Crippen LogP contribution in [0.3, 0.4) is 0 Å².